The molecule has 0 amide bonds. The lowest BCUT2D eigenvalue weighted by molar-refractivity contribution is 0.0697. The Morgan fingerprint density at radius 2 is 2.07 bits per heavy atom. The summed E-state index contributed by atoms with van der Waals surface area (Å²) in [7, 11) is 0. The van der Waals surface area contributed by atoms with Gasteiger partial charge in [0.05, 0.1) is 21.6 Å². The number of carboxylic acids is 1. The maximum Gasteiger partial charge on any atom is 0.335 e. The second-order valence-electron chi connectivity index (χ2n) is 6.10. The third-order valence-electron chi connectivity index (χ3n) is 4.37. The average Bonchev–Trinajstić information content (AvgIpc) is 3.12. The van der Waals surface area contributed by atoms with Crippen molar-refractivity contribution < 1.29 is 9.90 Å². The number of benzene rings is 2. The number of nitrogens with one attached hydrogen (secondary N) is 1. The predicted molar refractivity (Wildman–Crippen MR) is 106 cm³/mol. The van der Waals surface area contributed by atoms with Crippen LogP contribution in [-0.4, -0.2) is 33.3 Å². The Kier molecular flexibility index (Phi) is 4.57. The van der Waals surface area contributed by atoms with E-state index in [2.05, 4.69) is 20.9 Å². The average molecular weight is 376 g/mol. The highest BCUT2D eigenvalue weighted by molar-refractivity contribution is 8.03. The molecule has 6 nitrogen and oxygen atoms in total. The number of hydrogen-bond donors (Lipinski definition) is 2. The molecule has 0 atom stereocenters. The third kappa shape index (κ3) is 3.27. The van der Waals surface area contributed by atoms with E-state index in [1.165, 1.54) is 12.1 Å². The lowest BCUT2D eigenvalue weighted by Crippen LogP contribution is -2.27. The first kappa shape index (κ1) is 17.2. The van der Waals surface area contributed by atoms with Crippen molar-refractivity contribution in [3.8, 4) is 6.07 Å². The van der Waals surface area contributed by atoms with Crippen LogP contribution in [0.2, 0.25) is 0 Å². The van der Waals surface area contributed by atoms with Gasteiger partial charge in [0, 0.05) is 18.0 Å². The highest BCUT2D eigenvalue weighted by Crippen LogP contribution is 2.36. The molecule has 7 heteroatoms. The van der Waals surface area contributed by atoms with E-state index < -0.39 is 5.97 Å². The van der Waals surface area contributed by atoms with Crippen LogP contribution in [0.3, 0.4) is 0 Å². The fraction of sp³-hybridized carbons (Fsp3) is 0.150. The molecule has 1 aromatic heterocycles. The van der Waals surface area contributed by atoms with Crippen LogP contribution < -0.4 is 4.90 Å². The molecule has 0 saturated carbocycles. The number of nitrogens with zero attached hydrogens (tertiary/aromatic N) is 3. The number of fused-ring (bicyclic) bond motifs is 1. The molecule has 1 saturated heterocycles. The minimum atomic E-state index is -0.995. The van der Waals surface area contributed by atoms with Gasteiger partial charge in [0.2, 0.25) is 0 Å². The SMILES string of the molecule is N#C/C(=C1\SCCCN1c1ccccc1)c1nc2ccc(C(=O)O)cc2[nH]1. The maximum absolute atomic E-state index is 11.2. The van der Waals surface area contributed by atoms with Gasteiger partial charge in [0.1, 0.15) is 11.6 Å². The normalized spacial score (nSPS) is 16.2. The summed E-state index contributed by atoms with van der Waals surface area (Å²) in [5.41, 5.74) is 2.93. The van der Waals surface area contributed by atoms with Gasteiger partial charge in [-0.25, -0.2) is 9.78 Å². The number of carbonyl (C=O) groups is 1. The molecule has 1 fully saturated rings. The number of nitriles is 1. The molecular formula is C20H16N4O2S. The Balaban J connectivity index is 1.82. The van der Waals surface area contributed by atoms with Crippen LogP contribution in [0, 0.1) is 11.3 Å². The molecule has 0 radical (unpaired) electrons. The van der Waals surface area contributed by atoms with E-state index >= 15 is 0 Å². The van der Waals surface area contributed by atoms with Crippen LogP contribution in [-0.2, 0) is 0 Å². The number of para-hydroxylation sites is 1. The van der Waals surface area contributed by atoms with Crippen LogP contribution in [0.15, 0.2) is 53.6 Å². The predicted octanol–water partition coefficient (Wildman–Crippen LogP) is 4.10. The second-order valence-corrected chi connectivity index (χ2v) is 7.19. The number of aromatic carboxylic acids is 1. The van der Waals surface area contributed by atoms with Gasteiger partial charge < -0.3 is 15.0 Å². The summed E-state index contributed by atoms with van der Waals surface area (Å²) in [4.78, 5) is 21.0. The van der Waals surface area contributed by atoms with E-state index in [0.29, 0.717) is 22.4 Å². The number of aromatic nitrogens is 2. The van der Waals surface area contributed by atoms with Gasteiger partial charge in [-0.1, -0.05) is 18.2 Å². The largest absolute Gasteiger partial charge is 0.478 e. The van der Waals surface area contributed by atoms with Gasteiger partial charge in [-0.2, -0.15) is 5.26 Å². The molecule has 2 aromatic carbocycles. The summed E-state index contributed by atoms with van der Waals surface area (Å²) < 4.78 is 0. The molecule has 134 valence electrons. The van der Waals surface area contributed by atoms with E-state index in [9.17, 15) is 10.1 Å². The molecule has 0 unspecified atom stereocenters. The highest BCUT2D eigenvalue weighted by atomic mass is 32.2. The molecule has 0 spiro atoms. The van der Waals surface area contributed by atoms with Crippen molar-refractivity contribution >= 4 is 40.0 Å². The molecule has 2 N–H and O–H groups in total. The maximum atomic E-state index is 11.2. The first-order chi connectivity index (χ1) is 13.2. The number of hydrogen-bond acceptors (Lipinski definition) is 5. The topological polar surface area (TPSA) is 93.0 Å². The number of thioether (sulfide) groups is 1. The number of imidazole rings is 1. The molecule has 0 bridgehead atoms. The van der Waals surface area contributed by atoms with Crippen molar-refractivity contribution in [3.05, 3.63) is 64.9 Å². The molecule has 4 rings (SSSR count). The standard InChI is InChI=1S/C20H16N4O2S/c21-12-15(18-22-16-8-7-13(20(25)26)11-17(16)23-18)19-24(9-4-10-27-19)14-5-2-1-3-6-14/h1-3,5-8,11H,4,9-10H2,(H,22,23)(H,25,26)/b19-15+. The monoisotopic (exact) mass is 376 g/mol. The molecule has 2 heterocycles. The zero-order valence-electron chi connectivity index (χ0n) is 14.3. The van der Waals surface area contributed by atoms with Crippen molar-refractivity contribution in [2.45, 2.75) is 6.42 Å². The first-order valence-corrected chi connectivity index (χ1v) is 9.49. The van der Waals surface area contributed by atoms with Crippen molar-refractivity contribution in [1.29, 1.82) is 5.26 Å². The summed E-state index contributed by atoms with van der Waals surface area (Å²) in [6, 6.07) is 17.0. The van der Waals surface area contributed by atoms with Crippen molar-refractivity contribution in [2.24, 2.45) is 0 Å². The molecule has 0 aliphatic carbocycles. The molecule has 1 aliphatic rings. The number of anilines is 1. The Morgan fingerprint density at radius 1 is 1.26 bits per heavy atom. The van der Waals surface area contributed by atoms with Gasteiger partial charge >= 0.3 is 5.97 Å². The summed E-state index contributed by atoms with van der Waals surface area (Å²) in [5, 5.41) is 19.9. The minimum absolute atomic E-state index is 0.182. The zero-order valence-corrected chi connectivity index (χ0v) is 15.2. The quantitative estimate of drug-likeness (QED) is 0.669. The molecule has 1 aliphatic heterocycles. The van der Waals surface area contributed by atoms with Crippen LogP contribution in [0.4, 0.5) is 5.69 Å². The second kappa shape index (κ2) is 7.17. The highest BCUT2D eigenvalue weighted by Gasteiger charge is 2.24. The lowest BCUT2D eigenvalue weighted by Gasteiger charge is -2.31. The molecule has 3 aromatic rings. The van der Waals surface area contributed by atoms with E-state index in [1.807, 2.05) is 30.3 Å². The van der Waals surface area contributed by atoms with Crippen LogP contribution >= 0.6 is 11.8 Å². The molecular weight excluding hydrogens is 360 g/mol. The van der Waals surface area contributed by atoms with E-state index in [4.69, 9.17) is 5.11 Å². The van der Waals surface area contributed by atoms with Gasteiger partial charge in [0.25, 0.3) is 0 Å². The smallest absolute Gasteiger partial charge is 0.335 e. The number of H-pyrrole nitrogens is 1. The fourth-order valence-electron chi connectivity index (χ4n) is 3.10. The fourth-order valence-corrected chi connectivity index (χ4v) is 4.20. The summed E-state index contributed by atoms with van der Waals surface area (Å²) in [5.74, 6) is 0.401. The zero-order chi connectivity index (χ0) is 18.8. The minimum Gasteiger partial charge on any atom is -0.478 e. The first-order valence-electron chi connectivity index (χ1n) is 8.50. The summed E-state index contributed by atoms with van der Waals surface area (Å²) in [6.07, 6.45) is 1.03. The van der Waals surface area contributed by atoms with Crippen molar-refractivity contribution in [3.63, 3.8) is 0 Å². The van der Waals surface area contributed by atoms with E-state index in [-0.39, 0.29) is 5.56 Å². The van der Waals surface area contributed by atoms with Crippen LogP contribution in [0.25, 0.3) is 16.6 Å². The van der Waals surface area contributed by atoms with Gasteiger partial charge in [-0.15, -0.1) is 11.8 Å². The van der Waals surface area contributed by atoms with Crippen LogP contribution in [0.1, 0.15) is 22.6 Å². The third-order valence-corrected chi connectivity index (χ3v) is 5.56. The number of allylic oxidation sites excluding steroid dienone is 1. The summed E-state index contributed by atoms with van der Waals surface area (Å²) >= 11 is 1.64. The van der Waals surface area contributed by atoms with Crippen LogP contribution in [0.5, 0.6) is 0 Å². The number of carboxylic acid groups (broad SMARTS) is 1. The van der Waals surface area contributed by atoms with Crippen molar-refractivity contribution in [2.75, 3.05) is 17.2 Å². The number of aromatic amines is 1. The Labute approximate surface area is 160 Å². The van der Waals surface area contributed by atoms with Gasteiger partial charge in [-0.3, -0.25) is 0 Å². The van der Waals surface area contributed by atoms with Gasteiger partial charge in [0.15, 0.2) is 5.82 Å². The summed E-state index contributed by atoms with van der Waals surface area (Å²) in [6.45, 7) is 0.834. The van der Waals surface area contributed by atoms with Crippen molar-refractivity contribution in [1.82, 2.24) is 9.97 Å². The molecule has 27 heavy (non-hydrogen) atoms. The van der Waals surface area contributed by atoms with E-state index in [1.54, 1.807) is 17.8 Å². The Hall–Kier alpha value is -3.24. The van der Waals surface area contributed by atoms with Gasteiger partial charge in [-0.05, 0) is 36.8 Å². The lowest BCUT2D eigenvalue weighted by atomic mass is 10.2. The Bertz CT molecular complexity index is 1080. The van der Waals surface area contributed by atoms with E-state index in [0.717, 1.165) is 29.4 Å². The number of rotatable bonds is 3. The Morgan fingerprint density at radius 3 is 2.81 bits per heavy atom.